The van der Waals surface area contributed by atoms with Crippen LogP contribution in [0, 0.1) is 5.82 Å². The number of methoxy groups -OCH3 is 1. The monoisotopic (exact) mass is 672 g/mol. The van der Waals surface area contributed by atoms with E-state index in [1.54, 1.807) is 24.3 Å². The normalized spacial score (nSPS) is 24.6. The van der Waals surface area contributed by atoms with Gasteiger partial charge in [-0.3, -0.25) is 14.5 Å². The van der Waals surface area contributed by atoms with Gasteiger partial charge in [0, 0.05) is 22.2 Å². The number of ether oxygens (including phenoxy) is 1. The number of aliphatic hydroxyl groups is 1. The Balaban J connectivity index is 1.62. The molecule has 1 amide bonds. The summed E-state index contributed by atoms with van der Waals surface area (Å²) in [5, 5.41) is 15.9. The maximum absolute atomic E-state index is 16.5. The van der Waals surface area contributed by atoms with Gasteiger partial charge in [0.05, 0.1) is 24.3 Å². The molecule has 4 aromatic rings. The number of fused-ring (bicyclic) bond motifs is 3. The van der Waals surface area contributed by atoms with E-state index >= 15 is 9.18 Å². The predicted octanol–water partition coefficient (Wildman–Crippen LogP) is 8.14. The maximum atomic E-state index is 16.5. The van der Waals surface area contributed by atoms with Crippen LogP contribution in [0.4, 0.5) is 10.1 Å². The molecule has 6 nitrogen and oxygen atoms in total. The number of halogens is 3. The zero-order chi connectivity index (χ0) is 32.9. The van der Waals surface area contributed by atoms with Crippen LogP contribution in [0.5, 0.6) is 0 Å². The molecule has 1 saturated heterocycles. The number of aliphatic hydroxyl groups excluding tert-OH is 1. The standard InChI is InChI=1S/C38H35Cl2FN2O4/c1-47-35(45)33-30(26-16-11-17-28(40)31(26)41)38(27-19-18-25(39)22-29(27)42-36(38)46)37(20-9-4-10-21-37)43(33)32(23-12-5-2-6-13-23)34(44)24-14-7-3-8-15-24/h2-3,5-8,11-19,22,30,32-34,44H,4,9-10,20-21H2,1H3,(H,42,46)/t30-,32+,33+,34-,38+/m0/s1. The fourth-order valence-electron chi connectivity index (χ4n) is 8.98. The number of nitrogens with zero attached hydrogens (tertiary/aromatic N) is 1. The number of hydrogen-bond donors (Lipinski definition) is 2. The van der Waals surface area contributed by atoms with Crippen molar-refractivity contribution in [2.75, 3.05) is 12.4 Å². The molecule has 0 aromatic heterocycles. The zero-order valence-electron chi connectivity index (χ0n) is 25.8. The fourth-order valence-corrected chi connectivity index (χ4v) is 9.33. The van der Waals surface area contributed by atoms with Gasteiger partial charge >= 0.3 is 5.97 Å². The highest BCUT2D eigenvalue weighted by atomic mass is 35.5. The van der Waals surface area contributed by atoms with E-state index in [9.17, 15) is 9.90 Å². The Morgan fingerprint density at radius 3 is 2.26 bits per heavy atom. The smallest absolute Gasteiger partial charge is 0.323 e. The van der Waals surface area contributed by atoms with Crippen LogP contribution in [0.3, 0.4) is 0 Å². The Labute approximate surface area is 283 Å². The van der Waals surface area contributed by atoms with Gasteiger partial charge in [-0.1, -0.05) is 121 Å². The number of anilines is 1. The lowest BCUT2D eigenvalue weighted by atomic mass is 9.55. The zero-order valence-corrected chi connectivity index (χ0v) is 27.3. The minimum atomic E-state index is -1.48. The van der Waals surface area contributed by atoms with Gasteiger partial charge in [-0.05, 0) is 53.3 Å². The van der Waals surface area contributed by atoms with E-state index in [0.29, 0.717) is 34.7 Å². The topological polar surface area (TPSA) is 78.9 Å². The van der Waals surface area contributed by atoms with Gasteiger partial charge in [-0.15, -0.1) is 0 Å². The molecule has 0 unspecified atom stereocenters. The minimum Gasteiger partial charge on any atom is -0.468 e. The molecule has 3 aliphatic rings. The summed E-state index contributed by atoms with van der Waals surface area (Å²) in [6.45, 7) is 0. The van der Waals surface area contributed by atoms with E-state index in [2.05, 4.69) is 5.32 Å². The second kappa shape index (κ2) is 12.4. The first-order valence-corrected chi connectivity index (χ1v) is 16.7. The van der Waals surface area contributed by atoms with E-state index in [-0.39, 0.29) is 16.5 Å². The first-order valence-electron chi connectivity index (χ1n) is 16.0. The second-order valence-corrected chi connectivity index (χ2v) is 13.6. The third-order valence-corrected chi connectivity index (χ3v) is 11.2. The van der Waals surface area contributed by atoms with Crippen LogP contribution < -0.4 is 5.32 Å². The predicted molar refractivity (Wildman–Crippen MR) is 180 cm³/mol. The Bertz CT molecular complexity index is 1820. The molecule has 242 valence electrons. The lowest BCUT2D eigenvalue weighted by molar-refractivity contribution is -0.152. The van der Waals surface area contributed by atoms with Crippen molar-refractivity contribution in [1.82, 2.24) is 4.90 Å². The van der Waals surface area contributed by atoms with Crippen LogP contribution in [-0.2, 0) is 19.7 Å². The molecule has 0 bridgehead atoms. The highest BCUT2D eigenvalue weighted by Crippen LogP contribution is 2.69. The average Bonchev–Trinajstić information content (AvgIpc) is 3.52. The summed E-state index contributed by atoms with van der Waals surface area (Å²) in [7, 11) is 1.30. The van der Waals surface area contributed by atoms with Crippen LogP contribution in [0.25, 0.3) is 0 Å². The first kappa shape index (κ1) is 31.8. The van der Waals surface area contributed by atoms with Gasteiger partial charge in [-0.25, -0.2) is 4.39 Å². The van der Waals surface area contributed by atoms with Crippen molar-refractivity contribution >= 4 is 40.8 Å². The molecule has 1 saturated carbocycles. The molecule has 2 spiro atoms. The molecule has 47 heavy (non-hydrogen) atoms. The van der Waals surface area contributed by atoms with Gasteiger partial charge < -0.3 is 15.2 Å². The quantitative estimate of drug-likeness (QED) is 0.202. The third kappa shape index (κ3) is 4.73. The lowest BCUT2D eigenvalue weighted by Crippen LogP contribution is -2.62. The number of esters is 1. The van der Waals surface area contributed by atoms with E-state index in [4.69, 9.17) is 27.9 Å². The van der Waals surface area contributed by atoms with Crippen LogP contribution in [-0.4, -0.2) is 40.6 Å². The van der Waals surface area contributed by atoms with E-state index < -0.39 is 46.8 Å². The summed E-state index contributed by atoms with van der Waals surface area (Å²) in [6, 6.07) is 26.7. The Morgan fingerprint density at radius 2 is 1.60 bits per heavy atom. The molecule has 4 aromatic carbocycles. The molecule has 1 aliphatic carbocycles. The van der Waals surface area contributed by atoms with Gasteiger partial charge in [0.2, 0.25) is 5.91 Å². The van der Waals surface area contributed by atoms with E-state index in [1.165, 1.54) is 13.2 Å². The van der Waals surface area contributed by atoms with E-state index in [1.807, 2.05) is 71.6 Å². The largest absolute Gasteiger partial charge is 0.468 e. The Morgan fingerprint density at radius 1 is 0.936 bits per heavy atom. The third-order valence-electron chi connectivity index (χ3n) is 10.6. The maximum Gasteiger partial charge on any atom is 0.323 e. The van der Waals surface area contributed by atoms with Crippen molar-refractivity contribution < 1.29 is 23.8 Å². The number of rotatable bonds is 6. The minimum absolute atomic E-state index is 0.115. The first-order chi connectivity index (χ1) is 22.8. The number of benzene rings is 4. The van der Waals surface area contributed by atoms with Crippen LogP contribution >= 0.6 is 23.2 Å². The van der Waals surface area contributed by atoms with Crippen LogP contribution in [0.2, 0.25) is 10.0 Å². The van der Waals surface area contributed by atoms with Crippen molar-refractivity contribution in [3.63, 3.8) is 0 Å². The van der Waals surface area contributed by atoms with Crippen LogP contribution in [0.1, 0.15) is 72.4 Å². The van der Waals surface area contributed by atoms with Gasteiger partial charge in [-0.2, -0.15) is 0 Å². The molecule has 7 rings (SSSR count). The second-order valence-electron chi connectivity index (χ2n) is 12.8. The number of carbonyl (C=O) groups is 2. The number of hydrogen-bond acceptors (Lipinski definition) is 5. The van der Waals surface area contributed by atoms with Crippen LogP contribution in [0.15, 0.2) is 97.1 Å². The summed E-state index contributed by atoms with van der Waals surface area (Å²) in [5.74, 6) is -2.76. The molecular weight excluding hydrogens is 638 g/mol. The summed E-state index contributed by atoms with van der Waals surface area (Å²) >= 11 is 12.9. The molecule has 0 radical (unpaired) electrons. The van der Waals surface area contributed by atoms with Crippen molar-refractivity contribution in [3.8, 4) is 0 Å². The highest BCUT2D eigenvalue weighted by Gasteiger charge is 2.77. The molecule has 2 aliphatic heterocycles. The number of likely N-dealkylation sites (tertiary alicyclic amines) is 1. The average molecular weight is 674 g/mol. The van der Waals surface area contributed by atoms with Crippen molar-refractivity contribution in [2.24, 2.45) is 0 Å². The van der Waals surface area contributed by atoms with Crippen molar-refractivity contribution in [2.45, 2.75) is 67.2 Å². The molecule has 2 heterocycles. The highest BCUT2D eigenvalue weighted by molar-refractivity contribution is 6.31. The molecule has 2 fully saturated rings. The Hall–Kier alpha value is -3.75. The number of nitrogens with one attached hydrogen (secondary N) is 1. The van der Waals surface area contributed by atoms with Crippen molar-refractivity contribution in [1.29, 1.82) is 0 Å². The molecular formula is C38H35Cl2FN2O4. The number of carbonyl (C=O) groups excluding carboxylic acids is 2. The molecule has 5 atom stereocenters. The fraction of sp³-hybridized carbons (Fsp3) is 0.316. The summed E-state index contributed by atoms with van der Waals surface area (Å²) in [6.07, 6.45) is 2.35. The van der Waals surface area contributed by atoms with E-state index in [0.717, 1.165) is 24.8 Å². The summed E-state index contributed by atoms with van der Waals surface area (Å²) < 4.78 is 22.1. The summed E-state index contributed by atoms with van der Waals surface area (Å²) in [4.78, 5) is 31.6. The van der Waals surface area contributed by atoms with Gasteiger partial charge in [0.15, 0.2) is 0 Å². The number of amides is 1. The lowest BCUT2D eigenvalue weighted by Gasteiger charge is -2.53. The van der Waals surface area contributed by atoms with Crippen molar-refractivity contribution in [3.05, 3.63) is 135 Å². The summed E-state index contributed by atoms with van der Waals surface area (Å²) in [5.41, 5.74) is 0.134. The SMILES string of the molecule is COC(=O)[C@H]1[C@H](c2cccc(Cl)c2F)[C@]2(C(=O)Nc3cc(Cl)ccc32)C2(CCCCC2)N1[C@H](c1ccccc1)[C@@H](O)c1ccccc1. The molecule has 9 heteroatoms. The van der Waals surface area contributed by atoms with Gasteiger partial charge in [0.1, 0.15) is 17.3 Å². The Kier molecular flexibility index (Phi) is 8.37. The van der Waals surface area contributed by atoms with Gasteiger partial charge in [0.25, 0.3) is 0 Å². The molecule has 2 N–H and O–H groups in total.